The molecule has 0 spiro atoms. The van der Waals surface area contributed by atoms with Crippen molar-refractivity contribution in [2.45, 2.75) is 32.6 Å². The number of thiocarbonyl (C=S) groups is 1. The Morgan fingerprint density at radius 2 is 2.00 bits per heavy atom. The maximum Gasteiger partial charge on any atom is 0.266 e. The predicted octanol–water partition coefficient (Wildman–Crippen LogP) is 5.77. The van der Waals surface area contributed by atoms with E-state index >= 15 is 0 Å². The van der Waals surface area contributed by atoms with Crippen LogP contribution in [0.5, 0.6) is 0 Å². The monoisotopic (exact) mass is 373 g/mol. The number of halogens is 2. The molecule has 0 aromatic heterocycles. The Bertz CT molecular complexity index is 616. The van der Waals surface area contributed by atoms with Gasteiger partial charge in [-0.15, -0.1) is 0 Å². The van der Waals surface area contributed by atoms with Crippen LogP contribution >= 0.6 is 47.2 Å². The number of carbonyl (C=O) groups is 1. The van der Waals surface area contributed by atoms with Crippen LogP contribution in [0.2, 0.25) is 10.0 Å². The second-order valence-electron chi connectivity index (χ2n) is 5.07. The van der Waals surface area contributed by atoms with Crippen LogP contribution in [-0.2, 0) is 4.79 Å². The van der Waals surface area contributed by atoms with Crippen molar-refractivity contribution in [3.8, 4) is 0 Å². The summed E-state index contributed by atoms with van der Waals surface area (Å²) < 4.78 is 0.632. The van der Waals surface area contributed by atoms with Crippen molar-refractivity contribution in [3.05, 3.63) is 38.7 Å². The summed E-state index contributed by atoms with van der Waals surface area (Å²) in [6.45, 7) is 2.86. The van der Waals surface area contributed by atoms with Gasteiger partial charge in [-0.2, -0.15) is 0 Å². The number of nitrogens with zero attached hydrogens (tertiary/aromatic N) is 1. The number of hydrogen-bond acceptors (Lipinski definition) is 3. The van der Waals surface area contributed by atoms with Crippen molar-refractivity contribution in [2.75, 3.05) is 6.54 Å². The van der Waals surface area contributed by atoms with Crippen molar-refractivity contribution in [2.24, 2.45) is 0 Å². The second kappa shape index (κ2) is 8.34. The second-order valence-corrected chi connectivity index (χ2v) is 7.56. The van der Waals surface area contributed by atoms with Gasteiger partial charge in [0.15, 0.2) is 0 Å². The van der Waals surface area contributed by atoms with E-state index in [4.69, 9.17) is 35.4 Å². The molecule has 22 heavy (non-hydrogen) atoms. The average molecular weight is 374 g/mol. The quantitative estimate of drug-likeness (QED) is 0.358. The van der Waals surface area contributed by atoms with Crippen LogP contribution < -0.4 is 0 Å². The molecule has 6 heteroatoms. The van der Waals surface area contributed by atoms with Gasteiger partial charge >= 0.3 is 0 Å². The van der Waals surface area contributed by atoms with Crippen LogP contribution in [0.15, 0.2) is 23.1 Å². The fraction of sp³-hybridized carbons (Fsp3) is 0.375. The summed E-state index contributed by atoms with van der Waals surface area (Å²) in [4.78, 5) is 14.8. The highest BCUT2D eigenvalue weighted by molar-refractivity contribution is 8.26. The highest BCUT2D eigenvalue weighted by atomic mass is 35.5. The number of amides is 1. The van der Waals surface area contributed by atoms with Crippen LogP contribution in [0, 0.1) is 0 Å². The number of unbranched alkanes of at least 4 members (excludes halogenated alkanes) is 3. The van der Waals surface area contributed by atoms with Gasteiger partial charge in [0.25, 0.3) is 5.91 Å². The lowest BCUT2D eigenvalue weighted by Gasteiger charge is -2.13. The molecule has 0 atom stereocenters. The number of rotatable bonds is 6. The summed E-state index contributed by atoms with van der Waals surface area (Å²) in [7, 11) is 0. The first-order valence-electron chi connectivity index (χ1n) is 7.23. The summed E-state index contributed by atoms with van der Waals surface area (Å²) in [5, 5.41) is 0.979. The third-order valence-electron chi connectivity index (χ3n) is 3.35. The molecule has 1 aliphatic heterocycles. The average Bonchev–Trinajstić information content (AvgIpc) is 2.74. The molecule has 1 aromatic rings. The van der Waals surface area contributed by atoms with Crippen molar-refractivity contribution >= 4 is 63.5 Å². The zero-order valence-electron chi connectivity index (χ0n) is 12.3. The van der Waals surface area contributed by atoms with Gasteiger partial charge in [0.05, 0.1) is 15.0 Å². The molecular weight excluding hydrogens is 357 g/mol. The van der Waals surface area contributed by atoms with Crippen molar-refractivity contribution in [1.29, 1.82) is 0 Å². The number of thioether (sulfide) groups is 1. The molecule has 1 amide bonds. The molecule has 118 valence electrons. The zero-order valence-corrected chi connectivity index (χ0v) is 15.4. The van der Waals surface area contributed by atoms with Crippen LogP contribution in [0.4, 0.5) is 0 Å². The van der Waals surface area contributed by atoms with Gasteiger partial charge < -0.3 is 0 Å². The van der Waals surface area contributed by atoms with Gasteiger partial charge in [-0.3, -0.25) is 9.69 Å². The zero-order chi connectivity index (χ0) is 16.1. The fourth-order valence-corrected chi connectivity index (χ4v) is 3.76. The molecule has 1 heterocycles. The Morgan fingerprint density at radius 3 is 2.68 bits per heavy atom. The lowest BCUT2D eigenvalue weighted by Crippen LogP contribution is -2.28. The van der Waals surface area contributed by atoms with E-state index in [0.717, 1.165) is 18.4 Å². The highest BCUT2D eigenvalue weighted by Crippen LogP contribution is 2.33. The summed E-state index contributed by atoms with van der Waals surface area (Å²) in [6, 6.07) is 5.31. The van der Waals surface area contributed by atoms with E-state index in [0.29, 0.717) is 25.8 Å². The van der Waals surface area contributed by atoms with E-state index in [1.807, 2.05) is 12.1 Å². The van der Waals surface area contributed by atoms with Crippen molar-refractivity contribution in [1.82, 2.24) is 4.90 Å². The minimum Gasteiger partial charge on any atom is -0.293 e. The molecule has 1 saturated heterocycles. The standard InChI is InChI=1S/C16H17Cl2NOS2/c1-2-3-4-5-8-19-15(20)14(22-16(19)21)10-11-6-7-12(17)13(18)9-11/h6-7,9-10H,2-5,8H2,1H3/b14-10+. The van der Waals surface area contributed by atoms with Crippen LogP contribution in [-0.4, -0.2) is 21.7 Å². The largest absolute Gasteiger partial charge is 0.293 e. The molecule has 0 aliphatic carbocycles. The third-order valence-corrected chi connectivity index (χ3v) is 5.47. The minimum absolute atomic E-state index is 0.0161. The van der Waals surface area contributed by atoms with E-state index in [1.165, 1.54) is 24.6 Å². The SMILES string of the molecule is CCCCCCN1C(=O)/C(=C\c2ccc(Cl)c(Cl)c2)SC1=S. The van der Waals surface area contributed by atoms with Crippen LogP contribution in [0.1, 0.15) is 38.2 Å². The number of hydrogen-bond donors (Lipinski definition) is 0. The Balaban J connectivity index is 2.06. The third kappa shape index (κ3) is 4.48. The first-order valence-corrected chi connectivity index (χ1v) is 9.21. The lowest BCUT2D eigenvalue weighted by atomic mass is 10.2. The molecule has 0 N–H and O–H groups in total. The first kappa shape index (κ1) is 17.8. The van der Waals surface area contributed by atoms with Gasteiger partial charge in [-0.25, -0.2) is 0 Å². The van der Waals surface area contributed by atoms with E-state index in [-0.39, 0.29) is 5.91 Å². The van der Waals surface area contributed by atoms with E-state index in [9.17, 15) is 4.79 Å². The smallest absolute Gasteiger partial charge is 0.266 e. The number of carbonyl (C=O) groups excluding carboxylic acids is 1. The van der Waals surface area contributed by atoms with Crippen LogP contribution in [0.25, 0.3) is 6.08 Å². The number of benzene rings is 1. The van der Waals surface area contributed by atoms with E-state index < -0.39 is 0 Å². The van der Waals surface area contributed by atoms with Gasteiger partial charge in [0.1, 0.15) is 4.32 Å². The van der Waals surface area contributed by atoms with Gasteiger partial charge in [0, 0.05) is 6.54 Å². The van der Waals surface area contributed by atoms with Crippen molar-refractivity contribution in [3.63, 3.8) is 0 Å². The Morgan fingerprint density at radius 1 is 1.23 bits per heavy atom. The molecule has 1 aliphatic rings. The van der Waals surface area contributed by atoms with Crippen molar-refractivity contribution < 1.29 is 4.79 Å². The molecule has 1 aromatic carbocycles. The Hall–Kier alpha value is -0.550. The molecule has 0 saturated carbocycles. The summed E-state index contributed by atoms with van der Waals surface area (Å²) in [5.74, 6) is -0.0161. The minimum atomic E-state index is -0.0161. The lowest BCUT2D eigenvalue weighted by molar-refractivity contribution is -0.122. The molecular formula is C16H17Cl2NOS2. The normalized spacial score (nSPS) is 16.9. The highest BCUT2D eigenvalue weighted by Gasteiger charge is 2.31. The van der Waals surface area contributed by atoms with Crippen LogP contribution in [0.3, 0.4) is 0 Å². The summed E-state index contributed by atoms with van der Waals surface area (Å²) in [5.41, 5.74) is 0.848. The van der Waals surface area contributed by atoms with Gasteiger partial charge in [-0.1, -0.05) is 79.4 Å². The predicted molar refractivity (Wildman–Crippen MR) is 100 cm³/mol. The topological polar surface area (TPSA) is 20.3 Å². The fourth-order valence-electron chi connectivity index (χ4n) is 2.14. The molecule has 1 fully saturated rings. The molecule has 0 radical (unpaired) electrons. The maximum atomic E-state index is 12.4. The first-order chi connectivity index (χ1) is 10.5. The summed E-state index contributed by atoms with van der Waals surface area (Å²) in [6.07, 6.45) is 6.29. The Kier molecular flexibility index (Phi) is 6.75. The van der Waals surface area contributed by atoms with E-state index in [2.05, 4.69) is 6.92 Å². The molecule has 2 nitrogen and oxygen atoms in total. The summed E-state index contributed by atoms with van der Waals surface area (Å²) >= 11 is 18.6. The van der Waals surface area contributed by atoms with E-state index in [1.54, 1.807) is 17.0 Å². The molecule has 0 bridgehead atoms. The molecule has 0 unspecified atom stereocenters. The molecule has 2 rings (SSSR count). The van der Waals surface area contributed by atoms with Gasteiger partial charge in [0.2, 0.25) is 0 Å². The maximum absolute atomic E-state index is 12.4. The van der Waals surface area contributed by atoms with Gasteiger partial charge in [-0.05, 0) is 30.2 Å². The Labute approximate surface area is 150 Å².